The predicted octanol–water partition coefficient (Wildman–Crippen LogP) is 5.03. The third-order valence-corrected chi connectivity index (χ3v) is 11.6. The summed E-state index contributed by atoms with van der Waals surface area (Å²) in [5, 5.41) is 19.7. The number of hydrogen-bond acceptors (Lipinski definition) is 10. The molecule has 0 amide bonds. The van der Waals surface area contributed by atoms with Crippen molar-refractivity contribution in [1.82, 2.24) is 30.0 Å². The molecule has 9 rings (SSSR count). The first-order valence-corrected chi connectivity index (χ1v) is 16.8. The van der Waals surface area contributed by atoms with E-state index in [0.717, 1.165) is 43.6 Å². The molecule has 7 heterocycles. The highest BCUT2D eigenvalue weighted by molar-refractivity contribution is 7.23. The van der Waals surface area contributed by atoms with E-state index in [0.29, 0.717) is 47.3 Å². The largest absolute Gasteiger partial charge is 0.461 e. The van der Waals surface area contributed by atoms with Gasteiger partial charge in [-0.05, 0) is 44.4 Å². The number of anilines is 2. The zero-order valence-electron chi connectivity index (χ0n) is 25.7. The number of nitrogens with zero attached hydrogens (tertiary/aromatic N) is 7. The molecule has 242 valence electrons. The predicted molar refractivity (Wildman–Crippen MR) is 174 cm³/mol. The Kier molecular flexibility index (Phi) is 6.42. The van der Waals surface area contributed by atoms with Crippen LogP contribution in [0.25, 0.3) is 43.0 Å². The van der Waals surface area contributed by atoms with E-state index >= 15 is 8.78 Å². The maximum absolute atomic E-state index is 17.4. The van der Waals surface area contributed by atoms with Gasteiger partial charge in [0.1, 0.15) is 46.5 Å². The van der Waals surface area contributed by atoms with Crippen LogP contribution in [0.2, 0.25) is 0 Å². The molecule has 4 fully saturated rings. The summed E-state index contributed by atoms with van der Waals surface area (Å²) in [4.78, 5) is 13.9. The number of nitrogens with one attached hydrogen (secondary N) is 1. The van der Waals surface area contributed by atoms with E-state index in [1.165, 1.54) is 6.07 Å². The third kappa shape index (κ3) is 4.32. The number of thiophene rings is 1. The lowest BCUT2D eigenvalue weighted by molar-refractivity contribution is 0.107. The standard InChI is InChI=1S/C33H32F3N9OS/c1-43-14-20-24-29(27(36)26(28(20)42-43)25-21(35)5-6-22-23(25)19(10-37)30(38)47-22)40-32(41-31(24)44-12-17-3-4-18(13-44)39-17)46-15-33-7-2-8-45(33)11-16(34)9-33/h5-6,14,16-18,39H,2-4,7-9,11-13,15,38H2,1H3/t16-,17-,18+,33+/m1/s1. The Morgan fingerprint density at radius 2 is 1.94 bits per heavy atom. The van der Waals surface area contributed by atoms with Crippen LogP contribution in [0, 0.1) is 23.0 Å². The maximum Gasteiger partial charge on any atom is 0.319 e. The van der Waals surface area contributed by atoms with Gasteiger partial charge in [0.15, 0.2) is 5.82 Å². The van der Waals surface area contributed by atoms with E-state index in [1.807, 2.05) is 0 Å². The number of ether oxygens (including phenoxy) is 1. The Hall–Kier alpha value is -4.19. The summed E-state index contributed by atoms with van der Waals surface area (Å²) in [5.74, 6) is -0.967. The van der Waals surface area contributed by atoms with Gasteiger partial charge in [-0.15, -0.1) is 11.3 Å². The van der Waals surface area contributed by atoms with Gasteiger partial charge >= 0.3 is 6.01 Å². The Bertz CT molecular complexity index is 2150. The molecule has 2 bridgehead atoms. The molecule has 5 aromatic rings. The smallest absolute Gasteiger partial charge is 0.319 e. The van der Waals surface area contributed by atoms with Gasteiger partial charge in [-0.1, -0.05) is 0 Å². The van der Waals surface area contributed by atoms with Gasteiger partial charge in [0.25, 0.3) is 0 Å². The second-order valence-electron chi connectivity index (χ2n) is 13.5. The van der Waals surface area contributed by atoms with Gasteiger partial charge in [-0.25, -0.2) is 13.2 Å². The van der Waals surface area contributed by atoms with E-state index in [4.69, 9.17) is 15.5 Å². The van der Waals surface area contributed by atoms with E-state index in [1.54, 1.807) is 24.0 Å². The zero-order chi connectivity index (χ0) is 32.2. The molecule has 0 radical (unpaired) electrons. The van der Waals surface area contributed by atoms with Crippen LogP contribution >= 0.6 is 11.3 Å². The van der Waals surface area contributed by atoms with Crippen molar-refractivity contribution < 1.29 is 17.9 Å². The van der Waals surface area contributed by atoms with Crippen LogP contribution in [-0.2, 0) is 7.05 Å². The number of rotatable bonds is 5. The van der Waals surface area contributed by atoms with Crippen molar-refractivity contribution in [3.8, 4) is 23.2 Å². The van der Waals surface area contributed by atoms with Crippen molar-refractivity contribution >= 4 is 54.0 Å². The van der Waals surface area contributed by atoms with E-state index in [9.17, 15) is 9.65 Å². The molecule has 14 heteroatoms. The minimum Gasteiger partial charge on any atom is -0.461 e. The Morgan fingerprint density at radius 3 is 2.72 bits per heavy atom. The number of fused-ring (bicyclic) bond motifs is 7. The van der Waals surface area contributed by atoms with E-state index in [-0.39, 0.29) is 62.8 Å². The topological polar surface area (TPSA) is 121 Å². The first kappa shape index (κ1) is 29.0. The summed E-state index contributed by atoms with van der Waals surface area (Å²) in [5.41, 5.74) is 5.83. The van der Waals surface area contributed by atoms with Crippen molar-refractivity contribution in [2.75, 3.05) is 43.4 Å². The molecular weight excluding hydrogens is 627 g/mol. The Morgan fingerprint density at radius 1 is 1.13 bits per heavy atom. The number of aromatic nitrogens is 4. The molecule has 0 saturated carbocycles. The second-order valence-corrected chi connectivity index (χ2v) is 14.5. The number of nitriles is 1. The molecule has 4 saturated heterocycles. The van der Waals surface area contributed by atoms with Crippen molar-refractivity contribution in [1.29, 1.82) is 5.26 Å². The van der Waals surface area contributed by atoms with Crippen molar-refractivity contribution in [3.05, 3.63) is 35.5 Å². The molecule has 0 unspecified atom stereocenters. The van der Waals surface area contributed by atoms with Gasteiger partial charge in [0, 0.05) is 72.4 Å². The average molecular weight is 660 g/mol. The van der Waals surface area contributed by atoms with Crippen LogP contribution in [0.3, 0.4) is 0 Å². The lowest BCUT2D eigenvalue weighted by atomic mass is 9.94. The van der Waals surface area contributed by atoms with Crippen LogP contribution in [0.5, 0.6) is 6.01 Å². The van der Waals surface area contributed by atoms with Crippen molar-refractivity contribution in [2.24, 2.45) is 7.05 Å². The fourth-order valence-electron chi connectivity index (χ4n) is 8.59. The molecule has 0 spiro atoms. The third-order valence-electron chi connectivity index (χ3n) is 10.6. The fourth-order valence-corrected chi connectivity index (χ4v) is 9.52. The summed E-state index contributed by atoms with van der Waals surface area (Å²) >= 11 is 1.15. The summed E-state index contributed by atoms with van der Waals surface area (Å²) in [6, 6.07) is 5.42. The second kappa shape index (κ2) is 10.4. The van der Waals surface area contributed by atoms with Crippen molar-refractivity contribution in [2.45, 2.75) is 55.9 Å². The van der Waals surface area contributed by atoms with Crippen LogP contribution in [0.4, 0.5) is 24.0 Å². The molecule has 3 aromatic heterocycles. The first-order chi connectivity index (χ1) is 22.7. The van der Waals surface area contributed by atoms with Gasteiger partial charge in [-0.3, -0.25) is 9.58 Å². The summed E-state index contributed by atoms with van der Waals surface area (Å²) < 4.78 is 56.4. The quantitative estimate of drug-likeness (QED) is 0.268. The Balaban J connectivity index is 1.29. The molecule has 4 aliphatic rings. The normalized spacial score (nSPS) is 25.8. The number of hydrogen-bond donors (Lipinski definition) is 2. The Labute approximate surface area is 271 Å². The molecule has 2 aromatic carbocycles. The number of nitrogens with two attached hydrogens (primary N) is 1. The molecule has 3 N–H and O–H groups in total. The van der Waals surface area contributed by atoms with Gasteiger partial charge in [-0.2, -0.15) is 20.3 Å². The zero-order valence-corrected chi connectivity index (χ0v) is 26.5. The number of halogens is 3. The van der Waals surface area contributed by atoms with Crippen LogP contribution < -0.4 is 20.7 Å². The van der Waals surface area contributed by atoms with E-state index in [2.05, 4.69) is 31.3 Å². The first-order valence-electron chi connectivity index (χ1n) is 16.0. The number of alkyl halides is 1. The lowest BCUT2D eigenvalue weighted by Gasteiger charge is -2.35. The molecule has 0 aliphatic carbocycles. The summed E-state index contributed by atoms with van der Waals surface area (Å²) in [6.07, 6.45) is 5.04. The highest BCUT2D eigenvalue weighted by Crippen LogP contribution is 2.47. The number of piperazine rings is 1. The van der Waals surface area contributed by atoms with Crippen LogP contribution in [0.15, 0.2) is 18.3 Å². The summed E-state index contributed by atoms with van der Waals surface area (Å²) in [6.45, 7) is 2.71. The van der Waals surface area contributed by atoms with Gasteiger partial charge < -0.3 is 20.7 Å². The monoisotopic (exact) mass is 659 g/mol. The fraction of sp³-hybridized carbons (Fsp3) is 0.455. The summed E-state index contributed by atoms with van der Waals surface area (Å²) in [7, 11) is 1.73. The van der Waals surface area contributed by atoms with Crippen molar-refractivity contribution in [3.63, 3.8) is 0 Å². The van der Waals surface area contributed by atoms with Gasteiger partial charge in [0.2, 0.25) is 0 Å². The average Bonchev–Trinajstić information content (AvgIpc) is 3.84. The molecule has 4 atom stereocenters. The molecule has 10 nitrogen and oxygen atoms in total. The maximum atomic E-state index is 17.4. The highest BCUT2D eigenvalue weighted by atomic mass is 32.1. The van der Waals surface area contributed by atoms with Crippen LogP contribution in [0.1, 0.15) is 37.7 Å². The van der Waals surface area contributed by atoms with Crippen LogP contribution in [-0.4, -0.2) is 81.2 Å². The lowest BCUT2D eigenvalue weighted by Crippen LogP contribution is -2.51. The molecule has 4 aliphatic heterocycles. The van der Waals surface area contributed by atoms with E-state index < -0.39 is 23.3 Å². The number of aryl methyl sites for hydroxylation is 1. The molecular formula is C33H32F3N9OS. The van der Waals surface area contributed by atoms with Gasteiger partial charge in [0.05, 0.1) is 22.1 Å². The number of benzene rings is 2. The SMILES string of the molecule is Cn1cc2c(n1)c(-c1c(F)ccc3sc(N)c(C#N)c13)c(F)c1nc(OC[C@@]34CCCN3C[C@H](F)C4)nc(N3C[C@H]4CC[C@@H](C3)N4)c12. The molecule has 47 heavy (non-hydrogen) atoms. The minimum atomic E-state index is -0.927. The minimum absolute atomic E-state index is 0.00817. The highest BCUT2D eigenvalue weighted by Gasteiger charge is 2.49. The number of nitrogen functional groups attached to an aromatic ring is 1.